The third-order valence-corrected chi connectivity index (χ3v) is 2.23. The summed E-state index contributed by atoms with van der Waals surface area (Å²) in [5.74, 6) is -2.13. The van der Waals surface area contributed by atoms with Crippen LogP contribution in [-0.4, -0.2) is 39.8 Å². The first-order valence-electron chi connectivity index (χ1n) is 5.32. The molecular formula is C9H13N7O4. The third kappa shape index (κ3) is 3.51. The summed E-state index contributed by atoms with van der Waals surface area (Å²) in [6.07, 6.45) is 0. The average molecular weight is 283 g/mol. The van der Waals surface area contributed by atoms with E-state index >= 15 is 0 Å². The van der Waals surface area contributed by atoms with Crippen LogP contribution in [0.5, 0.6) is 0 Å². The molecular weight excluding hydrogens is 270 g/mol. The molecule has 0 saturated heterocycles. The van der Waals surface area contributed by atoms with Crippen LogP contribution in [0.25, 0.3) is 0 Å². The summed E-state index contributed by atoms with van der Waals surface area (Å²) >= 11 is 0. The first-order valence-corrected chi connectivity index (χ1v) is 5.32. The second-order valence-electron chi connectivity index (χ2n) is 3.89. The van der Waals surface area contributed by atoms with Gasteiger partial charge in [0.2, 0.25) is 23.6 Å². The van der Waals surface area contributed by atoms with Crippen LogP contribution < -0.4 is 22.1 Å². The molecule has 1 aromatic rings. The van der Waals surface area contributed by atoms with E-state index in [1.165, 1.54) is 6.92 Å². The minimum Gasteiger partial charge on any atom is -0.368 e. The van der Waals surface area contributed by atoms with E-state index < -0.39 is 35.5 Å². The van der Waals surface area contributed by atoms with Crippen LogP contribution in [0.4, 0.5) is 17.5 Å². The van der Waals surface area contributed by atoms with Gasteiger partial charge in [0.05, 0.1) is 18.0 Å². The molecule has 6 N–H and O–H groups in total. The van der Waals surface area contributed by atoms with Crippen LogP contribution in [0.3, 0.4) is 0 Å². The fourth-order valence-electron chi connectivity index (χ4n) is 1.59. The maximum absolute atomic E-state index is 11.1. The number of nitro groups is 1. The maximum Gasteiger partial charge on any atom is 0.332 e. The SMILES string of the molecule is Cc1nc(N)nc(N(CC(N)=O)CC(N)=O)c1[N+](=O)[O-]. The molecule has 0 aliphatic heterocycles. The Balaban J connectivity index is 3.40. The molecule has 0 aliphatic carbocycles. The quantitative estimate of drug-likeness (QED) is 0.397. The number of aromatic nitrogens is 2. The van der Waals surface area contributed by atoms with Crippen molar-refractivity contribution in [3.63, 3.8) is 0 Å². The Labute approximate surface area is 112 Å². The van der Waals surface area contributed by atoms with Gasteiger partial charge in [0.25, 0.3) is 0 Å². The molecule has 0 fully saturated rings. The van der Waals surface area contributed by atoms with Crippen molar-refractivity contribution in [3.8, 4) is 0 Å². The molecule has 108 valence electrons. The number of carbonyl (C=O) groups is 2. The van der Waals surface area contributed by atoms with Gasteiger partial charge < -0.3 is 22.1 Å². The van der Waals surface area contributed by atoms with Crippen molar-refractivity contribution in [2.75, 3.05) is 23.7 Å². The molecule has 0 aromatic carbocycles. The Bertz CT molecular complexity index is 558. The third-order valence-electron chi connectivity index (χ3n) is 2.23. The van der Waals surface area contributed by atoms with Gasteiger partial charge in [-0.3, -0.25) is 19.7 Å². The average Bonchev–Trinajstić information content (AvgIpc) is 2.24. The zero-order chi connectivity index (χ0) is 15.4. The molecule has 0 unspecified atom stereocenters. The molecule has 0 aliphatic rings. The number of hydrogen-bond donors (Lipinski definition) is 3. The molecule has 0 bridgehead atoms. The van der Waals surface area contributed by atoms with E-state index in [1.807, 2.05) is 0 Å². The fraction of sp³-hybridized carbons (Fsp3) is 0.333. The molecule has 11 heteroatoms. The van der Waals surface area contributed by atoms with Crippen LogP contribution in [0.15, 0.2) is 0 Å². The Morgan fingerprint density at radius 1 is 1.25 bits per heavy atom. The van der Waals surface area contributed by atoms with Crippen LogP contribution in [0.2, 0.25) is 0 Å². The number of nitrogens with two attached hydrogens (primary N) is 3. The number of amides is 2. The number of primary amides is 2. The second kappa shape index (κ2) is 5.77. The van der Waals surface area contributed by atoms with Crippen LogP contribution in [0.1, 0.15) is 5.69 Å². The lowest BCUT2D eigenvalue weighted by Crippen LogP contribution is -2.40. The van der Waals surface area contributed by atoms with E-state index in [1.54, 1.807) is 0 Å². The minimum absolute atomic E-state index is 0.00330. The molecule has 0 atom stereocenters. The number of aryl methyl sites for hydroxylation is 1. The van der Waals surface area contributed by atoms with Crippen molar-refractivity contribution < 1.29 is 14.5 Å². The number of nitrogen functional groups attached to an aromatic ring is 1. The second-order valence-corrected chi connectivity index (χ2v) is 3.89. The largest absolute Gasteiger partial charge is 0.368 e. The van der Waals surface area contributed by atoms with Gasteiger partial charge in [-0.25, -0.2) is 4.98 Å². The van der Waals surface area contributed by atoms with Crippen LogP contribution >= 0.6 is 0 Å². The van der Waals surface area contributed by atoms with Gasteiger partial charge in [-0.15, -0.1) is 0 Å². The molecule has 20 heavy (non-hydrogen) atoms. The molecule has 11 nitrogen and oxygen atoms in total. The lowest BCUT2D eigenvalue weighted by atomic mass is 10.3. The van der Waals surface area contributed by atoms with Crippen LogP contribution in [0, 0.1) is 17.0 Å². The van der Waals surface area contributed by atoms with Crippen molar-refractivity contribution in [1.29, 1.82) is 0 Å². The van der Waals surface area contributed by atoms with E-state index in [4.69, 9.17) is 17.2 Å². The van der Waals surface area contributed by atoms with Gasteiger partial charge in [-0.05, 0) is 6.92 Å². The molecule has 1 heterocycles. The standard InChI is InChI=1S/C9H13N7O4/c1-4-7(16(19)20)8(14-9(12)13-4)15(2-5(10)17)3-6(11)18/h2-3H2,1H3,(H2,10,17)(H2,11,18)(H2,12,13,14). The lowest BCUT2D eigenvalue weighted by Gasteiger charge is -2.20. The van der Waals surface area contributed by atoms with Crippen molar-refractivity contribution >= 4 is 29.3 Å². The summed E-state index contributed by atoms with van der Waals surface area (Å²) in [5, 5.41) is 11.1. The Morgan fingerprint density at radius 3 is 2.15 bits per heavy atom. The first-order chi connectivity index (χ1) is 9.22. The number of carbonyl (C=O) groups excluding carboxylic acids is 2. The van der Waals surface area contributed by atoms with E-state index in [0.29, 0.717) is 0 Å². The predicted octanol–water partition coefficient (Wildman–Crippen LogP) is -1.95. The molecule has 0 spiro atoms. The summed E-state index contributed by atoms with van der Waals surface area (Å²) in [4.78, 5) is 40.7. The molecule has 1 aromatic heterocycles. The van der Waals surface area contributed by atoms with Crippen LogP contribution in [-0.2, 0) is 9.59 Å². The minimum atomic E-state index is -0.810. The number of rotatable bonds is 6. The normalized spacial score (nSPS) is 10.1. The van der Waals surface area contributed by atoms with Gasteiger partial charge in [0.1, 0.15) is 5.69 Å². The van der Waals surface area contributed by atoms with Crippen molar-refractivity contribution in [3.05, 3.63) is 15.8 Å². The molecule has 2 amide bonds. The molecule has 1 rings (SSSR count). The topological polar surface area (TPSA) is 184 Å². The summed E-state index contributed by atoms with van der Waals surface area (Å²) in [6.45, 7) is 0.408. The van der Waals surface area contributed by atoms with E-state index in [0.717, 1.165) is 4.90 Å². The van der Waals surface area contributed by atoms with Crippen molar-refractivity contribution in [2.45, 2.75) is 6.92 Å². The smallest absolute Gasteiger partial charge is 0.332 e. The summed E-state index contributed by atoms with van der Waals surface area (Å²) in [5.41, 5.74) is 15.0. The van der Waals surface area contributed by atoms with Gasteiger partial charge in [0, 0.05) is 0 Å². The summed E-state index contributed by atoms with van der Waals surface area (Å²) < 4.78 is 0. The Hall–Kier alpha value is -2.98. The number of nitrogens with zero attached hydrogens (tertiary/aromatic N) is 4. The van der Waals surface area contributed by atoms with E-state index in [9.17, 15) is 19.7 Å². The number of anilines is 2. The zero-order valence-corrected chi connectivity index (χ0v) is 10.6. The highest BCUT2D eigenvalue weighted by atomic mass is 16.6. The van der Waals surface area contributed by atoms with Gasteiger partial charge in [-0.1, -0.05) is 0 Å². The zero-order valence-electron chi connectivity index (χ0n) is 10.6. The fourth-order valence-corrected chi connectivity index (χ4v) is 1.59. The number of hydrogen-bond acceptors (Lipinski definition) is 8. The van der Waals surface area contributed by atoms with Gasteiger partial charge >= 0.3 is 5.69 Å². The van der Waals surface area contributed by atoms with Gasteiger partial charge in [0.15, 0.2) is 0 Å². The Morgan fingerprint density at radius 2 is 1.75 bits per heavy atom. The molecule has 0 radical (unpaired) electrons. The van der Waals surface area contributed by atoms with Gasteiger partial charge in [-0.2, -0.15) is 4.98 Å². The Kier molecular flexibility index (Phi) is 4.35. The van der Waals surface area contributed by atoms with E-state index in [-0.39, 0.29) is 17.5 Å². The maximum atomic E-state index is 11.1. The molecule has 0 saturated carbocycles. The van der Waals surface area contributed by atoms with Crippen molar-refractivity contribution in [1.82, 2.24) is 9.97 Å². The lowest BCUT2D eigenvalue weighted by molar-refractivity contribution is -0.385. The van der Waals surface area contributed by atoms with E-state index in [2.05, 4.69) is 9.97 Å². The predicted molar refractivity (Wildman–Crippen MR) is 68.4 cm³/mol. The first kappa shape index (κ1) is 15.1. The highest BCUT2D eigenvalue weighted by Gasteiger charge is 2.27. The summed E-state index contributed by atoms with van der Waals surface area (Å²) in [7, 11) is 0. The monoisotopic (exact) mass is 283 g/mol. The highest BCUT2D eigenvalue weighted by Crippen LogP contribution is 2.28. The summed E-state index contributed by atoms with van der Waals surface area (Å²) in [6, 6.07) is 0. The van der Waals surface area contributed by atoms with Crippen molar-refractivity contribution in [2.24, 2.45) is 11.5 Å². The highest BCUT2D eigenvalue weighted by molar-refractivity contribution is 5.85.